The van der Waals surface area contributed by atoms with E-state index in [1.807, 2.05) is 20.8 Å². The van der Waals surface area contributed by atoms with Gasteiger partial charge in [-0.05, 0) is 39.7 Å². The number of nitrogens with one attached hydrogen (secondary N) is 1. The zero-order chi connectivity index (χ0) is 16.9. The number of methoxy groups -OCH3 is 1. The molecule has 0 aromatic carbocycles. The Bertz CT molecular complexity index is 530. The van der Waals surface area contributed by atoms with Crippen LogP contribution in [0.15, 0.2) is 12.4 Å². The number of ether oxygens (including phenoxy) is 2. The number of likely N-dealkylation sites (tertiary alicyclic amines) is 1. The van der Waals surface area contributed by atoms with Crippen LogP contribution in [0.3, 0.4) is 0 Å². The topological polar surface area (TPSA) is 76.6 Å². The van der Waals surface area contributed by atoms with Gasteiger partial charge in [-0.3, -0.25) is 9.88 Å². The fourth-order valence-corrected chi connectivity index (χ4v) is 2.61. The maximum atomic E-state index is 11.7. The number of hydrogen-bond donors (Lipinski definition) is 1. The average Bonchev–Trinajstić information content (AvgIpc) is 2.91. The molecular weight excluding hydrogens is 296 g/mol. The molecule has 7 heteroatoms. The number of rotatable bonds is 5. The Morgan fingerprint density at radius 1 is 1.39 bits per heavy atom. The lowest BCUT2D eigenvalue weighted by Crippen LogP contribution is -2.36. The van der Waals surface area contributed by atoms with E-state index in [-0.39, 0.29) is 6.09 Å². The van der Waals surface area contributed by atoms with Crippen LogP contribution < -0.4 is 10.1 Å². The third-order valence-electron chi connectivity index (χ3n) is 3.61. The Kier molecular flexibility index (Phi) is 5.76. The number of carbonyl (C=O) groups excluding carboxylic acids is 1. The predicted octanol–water partition coefficient (Wildman–Crippen LogP) is 1.83. The smallest absolute Gasteiger partial charge is 0.407 e. The molecule has 2 rings (SSSR count). The lowest BCUT2D eigenvalue weighted by atomic mass is 10.1. The van der Waals surface area contributed by atoms with Gasteiger partial charge in [0.1, 0.15) is 11.3 Å². The summed E-state index contributed by atoms with van der Waals surface area (Å²) in [6.07, 6.45) is 3.99. The van der Waals surface area contributed by atoms with Crippen molar-refractivity contribution in [1.82, 2.24) is 20.2 Å². The largest absolute Gasteiger partial charge is 0.480 e. The molecule has 1 atom stereocenters. The SMILES string of the molecule is COc1nccnc1CN1CC[C@H](CNC(=O)OC(C)(C)C)C1. The summed E-state index contributed by atoms with van der Waals surface area (Å²) < 4.78 is 10.5. The lowest BCUT2D eigenvalue weighted by molar-refractivity contribution is 0.0519. The third-order valence-corrected chi connectivity index (χ3v) is 3.61. The fourth-order valence-electron chi connectivity index (χ4n) is 2.61. The van der Waals surface area contributed by atoms with Gasteiger partial charge < -0.3 is 14.8 Å². The zero-order valence-electron chi connectivity index (χ0n) is 14.3. The fraction of sp³-hybridized carbons (Fsp3) is 0.688. The molecule has 0 spiro atoms. The van der Waals surface area contributed by atoms with Gasteiger partial charge in [-0.25, -0.2) is 9.78 Å². The maximum Gasteiger partial charge on any atom is 0.407 e. The molecule has 0 saturated carbocycles. The van der Waals surface area contributed by atoms with Gasteiger partial charge in [0, 0.05) is 32.0 Å². The van der Waals surface area contributed by atoms with Crippen molar-refractivity contribution in [2.45, 2.75) is 39.3 Å². The highest BCUT2D eigenvalue weighted by molar-refractivity contribution is 5.67. The molecule has 1 aliphatic heterocycles. The van der Waals surface area contributed by atoms with E-state index in [9.17, 15) is 4.79 Å². The summed E-state index contributed by atoms with van der Waals surface area (Å²) in [7, 11) is 1.60. The summed E-state index contributed by atoms with van der Waals surface area (Å²) in [5.41, 5.74) is 0.379. The predicted molar refractivity (Wildman–Crippen MR) is 86.2 cm³/mol. The Morgan fingerprint density at radius 2 is 2.13 bits per heavy atom. The van der Waals surface area contributed by atoms with Crippen molar-refractivity contribution in [1.29, 1.82) is 0 Å². The minimum Gasteiger partial charge on any atom is -0.480 e. The lowest BCUT2D eigenvalue weighted by Gasteiger charge is -2.21. The highest BCUT2D eigenvalue weighted by atomic mass is 16.6. The first-order chi connectivity index (χ1) is 10.9. The van der Waals surface area contributed by atoms with Crippen molar-refractivity contribution in [2.24, 2.45) is 5.92 Å². The van der Waals surface area contributed by atoms with Crippen molar-refractivity contribution in [3.8, 4) is 5.88 Å². The van der Waals surface area contributed by atoms with E-state index in [2.05, 4.69) is 20.2 Å². The molecule has 0 radical (unpaired) electrons. The highest BCUT2D eigenvalue weighted by Crippen LogP contribution is 2.20. The van der Waals surface area contributed by atoms with Gasteiger partial charge in [0.25, 0.3) is 0 Å². The molecule has 1 amide bonds. The van der Waals surface area contributed by atoms with Crippen molar-refractivity contribution >= 4 is 6.09 Å². The van der Waals surface area contributed by atoms with Crippen molar-refractivity contribution < 1.29 is 14.3 Å². The van der Waals surface area contributed by atoms with Gasteiger partial charge in [0.2, 0.25) is 5.88 Å². The molecule has 1 fully saturated rings. The second-order valence-electron chi connectivity index (χ2n) is 6.78. The van der Waals surface area contributed by atoms with Gasteiger partial charge in [-0.1, -0.05) is 0 Å². The van der Waals surface area contributed by atoms with E-state index in [0.29, 0.717) is 24.9 Å². The highest BCUT2D eigenvalue weighted by Gasteiger charge is 2.25. The van der Waals surface area contributed by atoms with Crippen LogP contribution in [0.4, 0.5) is 4.79 Å². The molecular formula is C16H26N4O3. The van der Waals surface area contributed by atoms with E-state index in [1.165, 1.54) is 0 Å². The molecule has 0 bridgehead atoms. The molecule has 1 N–H and O–H groups in total. The summed E-state index contributed by atoms with van der Waals surface area (Å²) in [5.74, 6) is 0.994. The minimum atomic E-state index is -0.464. The molecule has 128 valence electrons. The van der Waals surface area contributed by atoms with Gasteiger partial charge in [0.15, 0.2) is 0 Å². The van der Waals surface area contributed by atoms with Gasteiger partial charge in [0.05, 0.1) is 7.11 Å². The number of carbonyl (C=O) groups is 1. The summed E-state index contributed by atoms with van der Waals surface area (Å²) in [6.45, 7) is 8.80. The Labute approximate surface area is 137 Å². The second kappa shape index (κ2) is 7.59. The number of hydrogen-bond acceptors (Lipinski definition) is 6. The minimum absolute atomic E-state index is 0.355. The zero-order valence-corrected chi connectivity index (χ0v) is 14.3. The van der Waals surface area contributed by atoms with Gasteiger partial charge in [-0.2, -0.15) is 0 Å². The molecule has 0 aliphatic carbocycles. The molecule has 1 aromatic rings. The van der Waals surface area contributed by atoms with Crippen LogP contribution in [-0.2, 0) is 11.3 Å². The quantitative estimate of drug-likeness (QED) is 0.891. The van der Waals surface area contributed by atoms with Crippen LogP contribution in [0.2, 0.25) is 0 Å². The summed E-state index contributed by atoms with van der Waals surface area (Å²) in [4.78, 5) is 22.5. The Balaban J connectivity index is 1.77. The standard InChI is InChI=1S/C16H26N4O3/c1-16(2,3)23-15(21)19-9-12-5-8-20(10-12)11-13-14(22-4)18-7-6-17-13/h6-7,12H,5,8-11H2,1-4H3,(H,19,21)/t12-/m1/s1. The van der Waals surface area contributed by atoms with E-state index in [4.69, 9.17) is 9.47 Å². The number of aromatic nitrogens is 2. The van der Waals surface area contributed by atoms with Crippen LogP contribution in [0.1, 0.15) is 32.9 Å². The normalized spacial score (nSPS) is 18.7. The van der Waals surface area contributed by atoms with Crippen LogP contribution in [-0.4, -0.2) is 53.3 Å². The first-order valence-electron chi connectivity index (χ1n) is 7.90. The third kappa shape index (κ3) is 5.67. The first-order valence-corrected chi connectivity index (χ1v) is 7.90. The molecule has 23 heavy (non-hydrogen) atoms. The van der Waals surface area contributed by atoms with Gasteiger partial charge in [-0.15, -0.1) is 0 Å². The van der Waals surface area contributed by atoms with Crippen molar-refractivity contribution in [2.75, 3.05) is 26.7 Å². The average molecular weight is 322 g/mol. The summed E-state index contributed by atoms with van der Waals surface area (Å²) in [6, 6.07) is 0. The van der Waals surface area contributed by atoms with Crippen LogP contribution in [0.5, 0.6) is 5.88 Å². The maximum absolute atomic E-state index is 11.7. The molecule has 1 aromatic heterocycles. The van der Waals surface area contributed by atoms with Crippen LogP contribution in [0.25, 0.3) is 0 Å². The van der Waals surface area contributed by atoms with Crippen LogP contribution in [0, 0.1) is 5.92 Å². The van der Waals surface area contributed by atoms with E-state index in [1.54, 1.807) is 19.5 Å². The molecule has 7 nitrogen and oxygen atoms in total. The Hall–Kier alpha value is -1.89. The molecule has 1 saturated heterocycles. The molecule has 0 unspecified atom stereocenters. The summed E-state index contributed by atoms with van der Waals surface area (Å²) >= 11 is 0. The monoisotopic (exact) mass is 322 g/mol. The van der Waals surface area contributed by atoms with E-state index in [0.717, 1.165) is 25.2 Å². The number of alkyl carbamates (subject to hydrolysis) is 1. The van der Waals surface area contributed by atoms with E-state index >= 15 is 0 Å². The molecule has 1 aliphatic rings. The Morgan fingerprint density at radius 3 is 2.83 bits per heavy atom. The van der Waals surface area contributed by atoms with Crippen molar-refractivity contribution in [3.05, 3.63) is 18.1 Å². The molecule has 2 heterocycles. The second-order valence-corrected chi connectivity index (χ2v) is 6.78. The van der Waals surface area contributed by atoms with Crippen LogP contribution >= 0.6 is 0 Å². The first kappa shape index (κ1) is 17.5. The number of amides is 1. The number of nitrogens with zero attached hydrogens (tertiary/aromatic N) is 3. The van der Waals surface area contributed by atoms with E-state index < -0.39 is 5.60 Å². The van der Waals surface area contributed by atoms with Gasteiger partial charge >= 0.3 is 6.09 Å². The van der Waals surface area contributed by atoms with Crippen molar-refractivity contribution in [3.63, 3.8) is 0 Å². The summed E-state index contributed by atoms with van der Waals surface area (Å²) in [5, 5.41) is 2.85.